The van der Waals surface area contributed by atoms with E-state index in [4.69, 9.17) is 4.74 Å². The molecule has 2 unspecified atom stereocenters. The van der Waals surface area contributed by atoms with Gasteiger partial charge >= 0.3 is 5.97 Å². The van der Waals surface area contributed by atoms with E-state index in [1.54, 1.807) is 0 Å². The van der Waals surface area contributed by atoms with Crippen molar-refractivity contribution in [2.45, 2.75) is 46.0 Å². The number of cyclic esters (lactones) is 1. The molecule has 76 valence electrons. The van der Waals surface area contributed by atoms with Crippen LogP contribution in [0.2, 0.25) is 0 Å². The lowest BCUT2D eigenvalue weighted by Gasteiger charge is -1.97. The largest absolute Gasteiger partial charge is 0.465 e. The SMILES string of the molecule is CCCC.O=C1OCC2CCCC12. The van der Waals surface area contributed by atoms with Crippen LogP contribution in [0, 0.1) is 11.8 Å². The molecule has 0 spiro atoms. The molecule has 1 saturated carbocycles. The van der Waals surface area contributed by atoms with Crippen molar-refractivity contribution in [3.8, 4) is 0 Å². The summed E-state index contributed by atoms with van der Waals surface area (Å²) in [5, 5.41) is 0. The molecular formula is C11H20O2. The zero-order valence-corrected chi connectivity index (χ0v) is 8.71. The lowest BCUT2D eigenvalue weighted by molar-refractivity contribution is -0.141. The van der Waals surface area contributed by atoms with Crippen LogP contribution in [0.3, 0.4) is 0 Å². The Morgan fingerprint density at radius 3 is 2.54 bits per heavy atom. The Hall–Kier alpha value is -0.530. The van der Waals surface area contributed by atoms with Crippen LogP contribution in [0.5, 0.6) is 0 Å². The highest BCUT2D eigenvalue weighted by molar-refractivity contribution is 5.75. The van der Waals surface area contributed by atoms with Gasteiger partial charge in [-0.3, -0.25) is 4.79 Å². The molecule has 2 fully saturated rings. The highest BCUT2D eigenvalue weighted by Gasteiger charge is 2.39. The highest BCUT2D eigenvalue weighted by atomic mass is 16.5. The minimum Gasteiger partial charge on any atom is -0.465 e. The molecule has 1 heterocycles. The topological polar surface area (TPSA) is 26.3 Å². The van der Waals surface area contributed by atoms with Gasteiger partial charge in [-0.25, -0.2) is 0 Å². The fraction of sp³-hybridized carbons (Fsp3) is 0.909. The predicted octanol–water partition coefficient (Wildman–Crippen LogP) is 2.77. The lowest BCUT2D eigenvalue weighted by Crippen LogP contribution is -2.07. The van der Waals surface area contributed by atoms with Crippen molar-refractivity contribution < 1.29 is 9.53 Å². The van der Waals surface area contributed by atoms with Crippen LogP contribution in [-0.4, -0.2) is 12.6 Å². The summed E-state index contributed by atoms with van der Waals surface area (Å²) in [6.45, 7) is 5.06. The summed E-state index contributed by atoms with van der Waals surface area (Å²) in [6.07, 6.45) is 6.14. The Labute approximate surface area is 80.7 Å². The van der Waals surface area contributed by atoms with Crippen molar-refractivity contribution in [1.29, 1.82) is 0 Å². The van der Waals surface area contributed by atoms with Gasteiger partial charge in [-0.1, -0.05) is 33.1 Å². The fourth-order valence-electron chi connectivity index (χ4n) is 1.84. The van der Waals surface area contributed by atoms with Crippen molar-refractivity contribution >= 4 is 5.97 Å². The summed E-state index contributed by atoms with van der Waals surface area (Å²) in [4.78, 5) is 10.8. The number of hydrogen-bond donors (Lipinski definition) is 0. The number of ether oxygens (including phenoxy) is 1. The smallest absolute Gasteiger partial charge is 0.309 e. The maximum atomic E-state index is 10.8. The van der Waals surface area contributed by atoms with Crippen LogP contribution >= 0.6 is 0 Å². The summed E-state index contributed by atoms with van der Waals surface area (Å²) in [5.41, 5.74) is 0. The summed E-state index contributed by atoms with van der Waals surface area (Å²) >= 11 is 0. The van der Waals surface area contributed by atoms with Crippen molar-refractivity contribution in [2.75, 3.05) is 6.61 Å². The number of rotatable bonds is 1. The van der Waals surface area contributed by atoms with Crippen LogP contribution in [0.15, 0.2) is 0 Å². The number of carbonyl (C=O) groups excluding carboxylic acids is 1. The van der Waals surface area contributed by atoms with Gasteiger partial charge in [-0.05, 0) is 12.8 Å². The third-order valence-corrected chi connectivity index (χ3v) is 2.90. The van der Waals surface area contributed by atoms with Crippen LogP contribution in [-0.2, 0) is 9.53 Å². The molecule has 0 amide bonds. The monoisotopic (exact) mass is 184 g/mol. The van der Waals surface area contributed by atoms with Crippen molar-refractivity contribution in [1.82, 2.24) is 0 Å². The predicted molar refractivity (Wildman–Crippen MR) is 52.4 cm³/mol. The van der Waals surface area contributed by atoms with E-state index in [0.29, 0.717) is 12.5 Å². The van der Waals surface area contributed by atoms with E-state index in [2.05, 4.69) is 13.8 Å². The van der Waals surface area contributed by atoms with Gasteiger partial charge in [0.2, 0.25) is 0 Å². The van der Waals surface area contributed by atoms with Gasteiger partial charge in [0.05, 0.1) is 12.5 Å². The van der Waals surface area contributed by atoms with Gasteiger partial charge in [0.1, 0.15) is 0 Å². The van der Waals surface area contributed by atoms with E-state index in [0.717, 1.165) is 6.42 Å². The normalized spacial score (nSPS) is 30.5. The van der Waals surface area contributed by atoms with E-state index >= 15 is 0 Å². The summed E-state index contributed by atoms with van der Waals surface area (Å²) in [6, 6.07) is 0. The number of hydrogen-bond acceptors (Lipinski definition) is 2. The second kappa shape index (κ2) is 5.25. The first kappa shape index (κ1) is 10.6. The van der Waals surface area contributed by atoms with Crippen LogP contribution in [0.25, 0.3) is 0 Å². The maximum absolute atomic E-state index is 10.8. The first-order chi connectivity index (χ1) is 6.29. The molecular weight excluding hydrogens is 164 g/mol. The van der Waals surface area contributed by atoms with E-state index in [1.165, 1.54) is 25.7 Å². The molecule has 13 heavy (non-hydrogen) atoms. The first-order valence-corrected chi connectivity index (χ1v) is 5.46. The second-order valence-corrected chi connectivity index (χ2v) is 3.93. The summed E-state index contributed by atoms with van der Waals surface area (Å²) in [7, 11) is 0. The molecule has 1 aliphatic carbocycles. The minimum absolute atomic E-state index is 0.0532. The van der Waals surface area contributed by atoms with Crippen LogP contribution in [0.4, 0.5) is 0 Å². The zero-order chi connectivity index (χ0) is 9.68. The first-order valence-electron chi connectivity index (χ1n) is 5.46. The number of esters is 1. The van der Waals surface area contributed by atoms with E-state index in [1.807, 2.05) is 0 Å². The Bertz CT molecular complexity index is 163. The molecule has 2 rings (SSSR count). The molecule has 1 saturated heterocycles. The molecule has 2 nitrogen and oxygen atoms in total. The molecule has 0 aromatic rings. The van der Waals surface area contributed by atoms with Crippen LogP contribution < -0.4 is 0 Å². The van der Waals surface area contributed by atoms with Gasteiger partial charge in [0.25, 0.3) is 0 Å². The third kappa shape index (κ3) is 2.71. The number of fused-ring (bicyclic) bond motifs is 1. The Morgan fingerprint density at radius 2 is 2.00 bits per heavy atom. The van der Waals surface area contributed by atoms with Crippen molar-refractivity contribution in [3.63, 3.8) is 0 Å². The average molecular weight is 184 g/mol. The summed E-state index contributed by atoms with van der Waals surface area (Å²) in [5.74, 6) is 0.917. The van der Waals surface area contributed by atoms with Gasteiger partial charge in [-0.2, -0.15) is 0 Å². The molecule has 0 bridgehead atoms. The molecule has 0 aromatic carbocycles. The minimum atomic E-state index is 0.0532. The van der Waals surface area contributed by atoms with E-state index in [-0.39, 0.29) is 11.9 Å². The van der Waals surface area contributed by atoms with Gasteiger partial charge in [0, 0.05) is 5.92 Å². The molecule has 0 aromatic heterocycles. The fourth-order valence-corrected chi connectivity index (χ4v) is 1.84. The van der Waals surface area contributed by atoms with Gasteiger partial charge in [0.15, 0.2) is 0 Å². The van der Waals surface area contributed by atoms with E-state index < -0.39 is 0 Å². The highest BCUT2D eigenvalue weighted by Crippen LogP contribution is 2.36. The molecule has 0 radical (unpaired) electrons. The maximum Gasteiger partial charge on any atom is 0.309 e. The Morgan fingerprint density at radius 1 is 1.31 bits per heavy atom. The lowest BCUT2D eigenvalue weighted by atomic mass is 10.0. The van der Waals surface area contributed by atoms with Crippen molar-refractivity contribution in [2.24, 2.45) is 11.8 Å². The standard InChI is InChI=1S/C7H10O2.C4H10/c8-7-6-3-1-2-5(6)4-9-7;1-3-4-2/h5-6H,1-4H2;3-4H2,1-2H3. The van der Waals surface area contributed by atoms with Gasteiger partial charge < -0.3 is 4.74 Å². The quantitative estimate of drug-likeness (QED) is 0.586. The zero-order valence-electron chi connectivity index (χ0n) is 8.71. The molecule has 1 aliphatic heterocycles. The Kier molecular flexibility index (Phi) is 4.26. The third-order valence-electron chi connectivity index (χ3n) is 2.90. The summed E-state index contributed by atoms with van der Waals surface area (Å²) < 4.78 is 4.88. The van der Waals surface area contributed by atoms with Gasteiger partial charge in [-0.15, -0.1) is 0 Å². The number of unbranched alkanes of at least 4 members (excludes halogenated alkanes) is 1. The Balaban J connectivity index is 0.000000184. The van der Waals surface area contributed by atoms with Crippen LogP contribution in [0.1, 0.15) is 46.0 Å². The molecule has 0 N–H and O–H groups in total. The molecule has 2 aliphatic rings. The number of carbonyl (C=O) groups is 1. The van der Waals surface area contributed by atoms with E-state index in [9.17, 15) is 4.79 Å². The van der Waals surface area contributed by atoms with Crippen molar-refractivity contribution in [3.05, 3.63) is 0 Å². The molecule has 2 heteroatoms. The average Bonchev–Trinajstić information content (AvgIpc) is 2.72. The molecule has 2 atom stereocenters. The second-order valence-electron chi connectivity index (χ2n) is 3.93.